The Morgan fingerprint density at radius 1 is 1.26 bits per heavy atom. The Kier molecular flexibility index (Phi) is 4.35. The van der Waals surface area contributed by atoms with Gasteiger partial charge >= 0.3 is 0 Å². The van der Waals surface area contributed by atoms with Gasteiger partial charge in [0.15, 0.2) is 5.11 Å². The number of hydrogen-bond acceptors (Lipinski definition) is 2. The normalized spacial score (nSPS) is 10.1. The number of anilines is 2. The molecule has 0 radical (unpaired) electrons. The highest BCUT2D eigenvalue weighted by Crippen LogP contribution is 2.27. The molecule has 2 aromatic rings. The van der Waals surface area contributed by atoms with Gasteiger partial charge < -0.3 is 10.6 Å². The molecule has 0 bridgehead atoms. The van der Waals surface area contributed by atoms with Crippen molar-refractivity contribution in [2.75, 3.05) is 10.6 Å². The molecule has 19 heavy (non-hydrogen) atoms. The molecule has 5 heteroatoms. The van der Waals surface area contributed by atoms with Gasteiger partial charge in [0.2, 0.25) is 0 Å². The molecule has 0 saturated heterocycles. The number of thiocarbonyl (C=S) groups is 1. The van der Waals surface area contributed by atoms with Crippen LogP contribution >= 0.6 is 23.8 Å². The first kappa shape index (κ1) is 13.8. The van der Waals surface area contributed by atoms with Crippen LogP contribution in [0.3, 0.4) is 0 Å². The van der Waals surface area contributed by atoms with E-state index in [1.54, 1.807) is 12.4 Å². The third-order valence-corrected chi connectivity index (χ3v) is 3.09. The van der Waals surface area contributed by atoms with Crippen LogP contribution in [0.4, 0.5) is 11.4 Å². The lowest BCUT2D eigenvalue weighted by molar-refractivity contribution is 1.33. The molecule has 1 aromatic carbocycles. The quantitative estimate of drug-likeness (QED) is 0.815. The van der Waals surface area contributed by atoms with E-state index in [2.05, 4.69) is 21.7 Å². The van der Waals surface area contributed by atoms with E-state index in [0.29, 0.717) is 10.1 Å². The van der Waals surface area contributed by atoms with Crippen LogP contribution in [0, 0.1) is 13.8 Å². The molecule has 1 aromatic heterocycles. The van der Waals surface area contributed by atoms with Gasteiger partial charge in [-0.2, -0.15) is 0 Å². The first-order chi connectivity index (χ1) is 9.06. The van der Waals surface area contributed by atoms with Crippen LogP contribution in [0.25, 0.3) is 0 Å². The van der Waals surface area contributed by atoms with Crippen LogP contribution in [0.15, 0.2) is 36.7 Å². The second-order valence-corrected chi connectivity index (χ2v) is 5.07. The minimum Gasteiger partial charge on any atom is -0.331 e. The van der Waals surface area contributed by atoms with Crippen molar-refractivity contribution in [3.05, 3.63) is 52.8 Å². The molecule has 2 N–H and O–H groups in total. The lowest BCUT2D eigenvalue weighted by Crippen LogP contribution is -2.20. The average molecular weight is 292 g/mol. The van der Waals surface area contributed by atoms with Crippen LogP contribution in [0.2, 0.25) is 5.02 Å². The van der Waals surface area contributed by atoms with Crippen LogP contribution < -0.4 is 10.6 Å². The van der Waals surface area contributed by atoms with Crippen LogP contribution in [0.5, 0.6) is 0 Å². The number of rotatable bonds is 2. The first-order valence-electron chi connectivity index (χ1n) is 5.81. The maximum absolute atomic E-state index is 6.22. The second kappa shape index (κ2) is 5.99. The molecule has 98 valence electrons. The van der Waals surface area contributed by atoms with Crippen molar-refractivity contribution in [1.82, 2.24) is 4.98 Å². The molecule has 1 heterocycles. The predicted molar refractivity (Wildman–Crippen MR) is 85.0 cm³/mol. The highest BCUT2D eigenvalue weighted by Gasteiger charge is 2.07. The Balaban J connectivity index is 2.12. The standard InChI is InChI=1S/C14H14ClN3S/c1-9-6-10(2)13(12(15)7-9)18-14(19)17-11-4-3-5-16-8-11/h3-8H,1-2H3,(H2,17,18,19). The number of benzene rings is 1. The summed E-state index contributed by atoms with van der Waals surface area (Å²) in [6.07, 6.45) is 3.42. The maximum Gasteiger partial charge on any atom is 0.175 e. The SMILES string of the molecule is Cc1cc(C)c(NC(=S)Nc2cccnc2)c(Cl)c1. The molecule has 0 fully saturated rings. The van der Waals surface area contributed by atoms with Crippen molar-refractivity contribution in [3.8, 4) is 0 Å². The number of pyridine rings is 1. The van der Waals surface area contributed by atoms with Crippen molar-refractivity contribution < 1.29 is 0 Å². The average Bonchev–Trinajstić information content (AvgIpc) is 2.35. The van der Waals surface area contributed by atoms with Gasteiger partial charge in [0.1, 0.15) is 0 Å². The van der Waals surface area contributed by atoms with E-state index in [1.165, 1.54) is 0 Å². The van der Waals surface area contributed by atoms with Crippen LogP contribution in [-0.4, -0.2) is 10.1 Å². The Morgan fingerprint density at radius 3 is 2.68 bits per heavy atom. The molecule has 2 rings (SSSR count). The minimum absolute atomic E-state index is 0.488. The molecular formula is C14H14ClN3S. The number of halogens is 1. The van der Waals surface area contributed by atoms with Gasteiger partial charge in [0, 0.05) is 6.20 Å². The fourth-order valence-corrected chi connectivity index (χ4v) is 2.37. The highest BCUT2D eigenvalue weighted by molar-refractivity contribution is 7.80. The maximum atomic E-state index is 6.22. The summed E-state index contributed by atoms with van der Waals surface area (Å²) in [7, 11) is 0. The van der Waals surface area contributed by atoms with Crippen molar-refractivity contribution >= 4 is 40.3 Å². The fraction of sp³-hybridized carbons (Fsp3) is 0.143. The number of nitrogens with one attached hydrogen (secondary N) is 2. The molecule has 0 atom stereocenters. The first-order valence-corrected chi connectivity index (χ1v) is 6.59. The zero-order valence-corrected chi connectivity index (χ0v) is 12.3. The van der Waals surface area contributed by atoms with E-state index in [1.807, 2.05) is 32.0 Å². The molecule has 3 nitrogen and oxygen atoms in total. The molecule has 0 saturated carbocycles. The third kappa shape index (κ3) is 3.66. The minimum atomic E-state index is 0.488. The number of hydrogen-bond donors (Lipinski definition) is 2. The van der Waals surface area contributed by atoms with Gasteiger partial charge in [-0.15, -0.1) is 0 Å². The van der Waals surface area contributed by atoms with Gasteiger partial charge in [0.25, 0.3) is 0 Å². The van der Waals surface area contributed by atoms with E-state index in [4.69, 9.17) is 23.8 Å². The number of aryl methyl sites for hydroxylation is 2. The Labute approximate surface area is 123 Å². The molecule has 0 amide bonds. The Bertz CT molecular complexity index is 576. The smallest absolute Gasteiger partial charge is 0.175 e. The summed E-state index contributed by atoms with van der Waals surface area (Å²) in [6.45, 7) is 4.00. The van der Waals surface area contributed by atoms with Gasteiger partial charge in [-0.05, 0) is 55.4 Å². The van der Waals surface area contributed by atoms with E-state index in [9.17, 15) is 0 Å². The van der Waals surface area contributed by atoms with E-state index < -0.39 is 0 Å². The van der Waals surface area contributed by atoms with Crippen LogP contribution in [0.1, 0.15) is 11.1 Å². The molecule has 0 aliphatic rings. The largest absolute Gasteiger partial charge is 0.331 e. The Hall–Kier alpha value is -1.65. The van der Waals surface area contributed by atoms with Crippen molar-refractivity contribution in [2.45, 2.75) is 13.8 Å². The third-order valence-electron chi connectivity index (χ3n) is 2.59. The lowest BCUT2D eigenvalue weighted by atomic mass is 10.1. The second-order valence-electron chi connectivity index (χ2n) is 4.26. The van der Waals surface area contributed by atoms with E-state index in [0.717, 1.165) is 22.5 Å². The van der Waals surface area contributed by atoms with Gasteiger partial charge in [-0.3, -0.25) is 4.98 Å². The summed E-state index contributed by atoms with van der Waals surface area (Å²) in [5.41, 5.74) is 3.84. The Morgan fingerprint density at radius 2 is 2.05 bits per heavy atom. The molecule has 0 spiro atoms. The van der Waals surface area contributed by atoms with Gasteiger partial charge in [-0.1, -0.05) is 17.7 Å². The van der Waals surface area contributed by atoms with E-state index in [-0.39, 0.29) is 0 Å². The monoisotopic (exact) mass is 291 g/mol. The van der Waals surface area contributed by atoms with Crippen molar-refractivity contribution in [2.24, 2.45) is 0 Å². The van der Waals surface area contributed by atoms with Crippen molar-refractivity contribution in [3.63, 3.8) is 0 Å². The highest BCUT2D eigenvalue weighted by atomic mass is 35.5. The van der Waals surface area contributed by atoms with Gasteiger partial charge in [-0.25, -0.2) is 0 Å². The summed E-state index contributed by atoms with van der Waals surface area (Å²) in [6, 6.07) is 7.70. The zero-order valence-electron chi connectivity index (χ0n) is 10.7. The topological polar surface area (TPSA) is 37.0 Å². The summed E-state index contributed by atoms with van der Waals surface area (Å²) in [5.74, 6) is 0. The van der Waals surface area contributed by atoms with Crippen molar-refractivity contribution in [1.29, 1.82) is 0 Å². The lowest BCUT2D eigenvalue weighted by Gasteiger charge is -2.14. The van der Waals surface area contributed by atoms with E-state index >= 15 is 0 Å². The predicted octanol–water partition coefficient (Wildman–Crippen LogP) is 4.16. The zero-order chi connectivity index (χ0) is 13.8. The summed E-state index contributed by atoms with van der Waals surface area (Å²) < 4.78 is 0. The summed E-state index contributed by atoms with van der Waals surface area (Å²) in [5, 5.41) is 7.32. The molecule has 0 unspecified atom stereocenters. The number of nitrogens with zero attached hydrogens (tertiary/aromatic N) is 1. The van der Waals surface area contributed by atoms with Crippen LogP contribution in [-0.2, 0) is 0 Å². The molecule has 0 aliphatic heterocycles. The fourth-order valence-electron chi connectivity index (χ4n) is 1.79. The summed E-state index contributed by atoms with van der Waals surface area (Å²) >= 11 is 11.5. The summed E-state index contributed by atoms with van der Waals surface area (Å²) in [4.78, 5) is 4.02. The van der Waals surface area contributed by atoms with Gasteiger partial charge in [0.05, 0.1) is 22.6 Å². The molecular weight excluding hydrogens is 278 g/mol. The molecule has 0 aliphatic carbocycles. The number of aromatic nitrogens is 1.